The van der Waals surface area contributed by atoms with Crippen molar-refractivity contribution < 1.29 is 0 Å². The van der Waals surface area contributed by atoms with Crippen molar-refractivity contribution in [3.63, 3.8) is 0 Å². The molecule has 5 aromatic rings. The predicted octanol–water partition coefficient (Wildman–Crippen LogP) is 5.06. The van der Waals surface area contributed by atoms with Gasteiger partial charge in [0.2, 0.25) is 0 Å². The summed E-state index contributed by atoms with van der Waals surface area (Å²) in [7, 11) is 0. The minimum absolute atomic E-state index is 1.32. The summed E-state index contributed by atoms with van der Waals surface area (Å²) in [6.07, 6.45) is 0. The van der Waals surface area contributed by atoms with E-state index in [0.29, 0.717) is 0 Å². The van der Waals surface area contributed by atoms with Gasteiger partial charge in [-0.05, 0) is 6.92 Å². The third-order valence-corrected chi connectivity index (χ3v) is 19.5. The molecule has 156 valence electrons. The molecular formula is C31H28Sn. The van der Waals surface area contributed by atoms with Crippen LogP contribution in [0, 0.1) is 6.92 Å². The fraction of sp³-hybridized carbons (Fsp3) is 0.0323. The second-order valence-corrected chi connectivity index (χ2v) is 18.7. The number of hydrogen-bond acceptors (Lipinski definition) is 0. The van der Waals surface area contributed by atoms with Gasteiger partial charge in [0.1, 0.15) is 0 Å². The van der Waals surface area contributed by atoms with Crippen LogP contribution >= 0.6 is 0 Å². The summed E-state index contributed by atoms with van der Waals surface area (Å²) >= 11 is -3.31. The van der Waals surface area contributed by atoms with Crippen LogP contribution in [0.25, 0.3) is 0 Å². The van der Waals surface area contributed by atoms with Crippen LogP contribution in [0.3, 0.4) is 0 Å². The summed E-state index contributed by atoms with van der Waals surface area (Å²) in [5.41, 5.74) is 1.32. The quantitative estimate of drug-likeness (QED) is 0.292. The topological polar surface area (TPSA) is 0 Å². The molecule has 0 unspecified atom stereocenters. The molecule has 0 nitrogen and oxygen atoms in total. The zero-order valence-electron chi connectivity index (χ0n) is 18.4. The molecule has 0 aliphatic carbocycles. The van der Waals surface area contributed by atoms with Crippen LogP contribution in [0.2, 0.25) is 0 Å². The van der Waals surface area contributed by atoms with Gasteiger partial charge < -0.3 is 0 Å². The van der Waals surface area contributed by atoms with Crippen molar-refractivity contribution in [2.24, 2.45) is 0 Å². The van der Waals surface area contributed by atoms with E-state index in [0.717, 1.165) is 0 Å². The van der Waals surface area contributed by atoms with Gasteiger partial charge in [-0.25, -0.2) is 0 Å². The van der Waals surface area contributed by atoms with Gasteiger partial charge in [0.25, 0.3) is 0 Å². The van der Waals surface area contributed by atoms with Crippen molar-refractivity contribution in [1.82, 2.24) is 0 Å². The molecule has 0 fully saturated rings. The number of hydrogen-bond donors (Lipinski definition) is 0. The van der Waals surface area contributed by atoms with Crippen molar-refractivity contribution in [3.05, 3.63) is 157 Å². The molecule has 32 heavy (non-hydrogen) atoms. The van der Waals surface area contributed by atoms with Crippen LogP contribution in [0.5, 0.6) is 0 Å². The molecule has 0 radical (unpaired) electrons. The van der Waals surface area contributed by atoms with Gasteiger partial charge in [0.15, 0.2) is 0 Å². The Balaban J connectivity index is 0.000000300. The molecule has 0 aliphatic rings. The Hall–Kier alpha value is -3.10. The zero-order chi connectivity index (χ0) is 22.1. The van der Waals surface area contributed by atoms with E-state index >= 15 is 0 Å². The van der Waals surface area contributed by atoms with E-state index in [2.05, 4.69) is 140 Å². The maximum absolute atomic E-state index is 3.31. The third kappa shape index (κ3) is 4.86. The monoisotopic (exact) mass is 520 g/mol. The Morgan fingerprint density at radius 3 is 0.719 bits per heavy atom. The van der Waals surface area contributed by atoms with Crippen LogP contribution in [0.15, 0.2) is 152 Å². The Bertz CT molecular complexity index is 1020. The first-order chi connectivity index (χ1) is 15.8. The van der Waals surface area contributed by atoms with Crippen molar-refractivity contribution in [2.45, 2.75) is 6.92 Å². The van der Waals surface area contributed by atoms with Gasteiger partial charge in [-0.3, -0.25) is 0 Å². The van der Waals surface area contributed by atoms with E-state index in [9.17, 15) is 0 Å². The predicted molar refractivity (Wildman–Crippen MR) is 141 cm³/mol. The van der Waals surface area contributed by atoms with Gasteiger partial charge in [0.05, 0.1) is 0 Å². The molecule has 0 aromatic heterocycles. The fourth-order valence-corrected chi connectivity index (χ4v) is 17.9. The first-order valence-corrected chi connectivity index (χ1v) is 16.8. The van der Waals surface area contributed by atoms with Crippen LogP contribution in [-0.4, -0.2) is 18.4 Å². The zero-order valence-corrected chi connectivity index (χ0v) is 21.3. The van der Waals surface area contributed by atoms with Gasteiger partial charge >= 0.3 is 154 Å². The molecule has 0 bridgehead atoms. The molecule has 0 atom stereocenters. The normalized spacial score (nSPS) is 10.7. The average Bonchev–Trinajstić information content (AvgIpc) is 2.88. The number of rotatable bonds is 4. The molecule has 5 aromatic carbocycles. The summed E-state index contributed by atoms with van der Waals surface area (Å²) in [6, 6.07) is 54.7. The van der Waals surface area contributed by atoms with Gasteiger partial charge in [-0.2, -0.15) is 0 Å². The van der Waals surface area contributed by atoms with E-state index in [4.69, 9.17) is 0 Å². The number of benzene rings is 5. The second kappa shape index (κ2) is 11.0. The molecule has 0 N–H and O–H groups in total. The Morgan fingerprint density at radius 1 is 0.312 bits per heavy atom. The molecule has 0 aliphatic heterocycles. The molecule has 0 amide bonds. The third-order valence-electron chi connectivity index (χ3n) is 5.77. The van der Waals surface area contributed by atoms with E-state index in [1.807, 2.05) is 18.2 Å². The van der Waals surface area contributed by atoms with Crippen LogP contribution in [0.4, 0.5) is 0 Å². The van der Waals surface area contributed by atoms with Crippen molar-refractivity contribution >= 4 is 32.7 Å². The molecular weight excluding hydrogens is 491 g/mol. The second-order valence-electron chi connectivity index (χ2n) is 7.87. The standard InChI is InChI=1S/C7H8.4C6H5.Sn/c1-7-5-3-2-4-6-7;4*1-2-4-6-5-3-1;/h2-6H,1H3;4*1-5H;. The van der Waals surface area contributed by atoms with Crippen LogP contribution < -0.4 is 14.3 Å². The summed E-state index contributed by atoms with van der Waals surface area (Å²) in [5.74, 6) is 0. The summed E-state index contributed by atoms with van der Waals surface area (Å²) in [4.78, 5) is 0. The fourth-order valence-electron chi connectivity index (χ4n) is 4.29. The summed E-state index contributed by atoms with van der Waals surface area (Å²) < 4.78 is 5.95. The molecule has 1 heteroatoms. The van der Waals surface area contributed by atoms with Crippen molar-refractivity contribution in [1.29, 1.82) is 0 Å². The Morgan fingerprint density at radius 2 is 0.531 bits per heavy atom. The van der Waals surface area contributed by atoms with Gasteiger partial charge in [-0.15, -0.1) is 0 Å². The van der Waals surface area contributed by atoms with Crippen molar-refractivity contribution in [2.75, 3.05) is 0 Å². The number of aryl methyl sites for hydroxylation is 1. The summed E-state index contributed by atoms with van der Waals surface area (Å²) in [6.45, 7) is 2.08. The Labute approximate surface area is 196 Å². The van der Waals surface area contributed by atoms with Crippen LogP contribution in [-0.2, 0) is 0 Å². The molecule has 5 rings (SSSR count). The van der Waals surface area contributed by atoms with E-state index in [1.54, 1.807) is 0 Å². The molecule has 0 saturated carbocycles. The summed E-state index contributed by atoms with van der Waals surface area (Å²) in [5, 5.41) is 0. The van der Waals surface area contributed by atoms with E-state index in [1.165, 1.54) is 19.9 Å². The van der Waals surface area contributed by atoms with E-state index < -0.39 is 18.4 Å². The molecule has 0 heterocycles. The molecule has 0 spiro atoms. The minimum atomic E-state index is -3.31. The van der Waals surface area contributed by atoms with Crippen molar-refractivity contribution in [3.8, 4) is 0 Å². The first kappa shape index (κ1) is 22.1. The average molecular weight is 519 g/mol. The van der Waals surface area contributed by atoms with Gasteiger partial charge in [0, 0.05) is 0 Å². The Kier molecular flexibility index (Phi) is 7.58. The van der Waals surface area contributed by atoms with E-state index in [-0.39, 0.29) is 0 Å². The molecule has 0 saturated heterocycles. The first-order valence-electron chi connectivity index (χ1n) is 11.1. The van der Waals surface area contributed by atoms with Gasteiger partial charge in [-0.1, -0.05) is 35.9 Å². The van der Waals surface area contributed by atoms with Crippen LogP contribution in [0.1, 0.15) is 5.56 Å². The maximum atomic E-state index is 2.32. The SMILES string of the molecule is Cc1ccccc1.c1cc[c]([Sn]([c]2ccccc2)([c]2ccccc2)[c]2ccccc2)cc1.